The Balaban J connectivity index is 3.51. The predicted octanol–water partition coefficient (Wildman–Crippen LogP) is -1.28. The van der Waals surface area contributed by atoms with Crippen molar-refractivity contribution in [3.05, 3.63) is 0 Å². The molecule has 1 aliphatic heterocycles. The Morgan fingerprint density at radius 1 is 1.04 bits per heavy atom. The third-order valence-electron chi connectivity index (χ3n) is 3.60. The summed E-state index contributed by atoms with van der Waals surface area (Å²) in [6.45, 7) is 0. The summed E-state index contributed by atoms with van der Waals surface area (Å²) < 4.78 is 18.5. The number of esters is 4. The summed E-state index contributed by atoms with van der Waals surface area (Å²) in [6, 6.07) is 0. The molecule has 10 nitrogen and oxygen atoms in total. The fourth-order valence-corrected chi connectivity index (χ4v) is 2.42. The lowest BCUT2D eigenvalue weighted by molar-refractivity contribution is -0.168. The Hall–Kier alpha value is -2.65. The minimum absolute atomic E-state index is 0.365. The summed E-state index contributed by atoms with van der Waals surface area (Å²) in [5.41, 5.74) is -2.27. The van der Waals surface area contributed by atoms with E-state index in [0.29, 0.717) is 0 Å². The van der Waals surface area contributed by atoms with Gasteiger partial charge in [0.15, 0.2) is 11.3 Å². The van der Waals surface area contributed by atoms with Crippen molar-refractivity contribution in [2.45, 2.75) is 12.0 Å². The van der Waals surface area contributed by atoms with Crippen LogP contribution in [0.4, 0.5) is 0 Å². The van der Waals surface area contributed by atoms with Gasteiger partial charge in [0.2, 0.25) is 0 Å². The first kappa shape index (κ1) is 18.4. The van der Waals surface area contributed by atoms with Crippen molar-refractivity contribution < 1.29 is 38.1 Å². The second kappa shape index (κ2) is 7.07. The maximum absolute atomic E-state index is 12.4. The Morgan fingerprint density at radius 2 is 1.65 bits per heavy atom. The van der Waals surface area contributed by atoms with E-state index in [1.807, 2.05) is 0 Å². The highest BCUT2D eigenvalue weighted by molar-refractivity contribution is 6.42. The Labute approximate surface area is 132 Å². The van der Waals surface area contributed by atoms with Crippen LogP contribution in [0, 0.1) is 5.92 Å². The quantitative estimate of drug-likeness (QED) is 0.448. The molecule has 0 saturated carbocycles. The van der Waals surface area contributed by atoms with Crippen molar-refractivity contribution in [2.75, 3.05) is 35.5 Å². The van der Waals surface area contributed by atoms with Gasteiger partial charge in [0.05, 0.1) is 34.9 Å². The molecule has 2 unspecified atom stereocenters. The number of hydrazone groups is 1. The molecule has 0 radical (unpaired) electrons. The zero-order valence-corrected chi connectivity index (χ0v) is 13.4. The number of carbonyl (C=O) groups excluding carboxylic acids is 4. The summed E-state index contributed by atoms with van der Waals surface area (Å²) >= 11 is 0. The topological polar surface area (TPSA) is 121 Å². The molecule has 1 rings (SSSR count). The third-order valence-corrected chi connectivity index (χ3v) is 3.60. The number of rotatable bonds is 5. The molecule has 0 aliphatic carbocycles. The van der Waals surface area contributed by atoms with E-state index in [2.05, 4.69) is 19.3 Å². The lowest BCUT2D eigenvalue weighted by Crippen LogP contribution is -2.59. The number of methoxy groups -OCH3 is 4. The summed E-state index contributed by atoms with van der Waals surface area (Å²) in [6.07, 6.45) is -0.573. The van der Waals surface area contributed by atoms with Crippen molar-refractivity contribution in [1.82, 2.24) is 5.01 Å². The van der Waals surface area contributed by atoms with E-state index in [1.165, 1.54) is 7.05 Å². The van der Waals surface area contributed by atoms with E-state index in [9.17, 15) is 19.2 Å². The normalized spacial score (nSPS) is 22.9. The largest absolute Gasteiger partial charge is 0.469 e. The number of carbonyl (C=O) groups is 4. The van der Waals surface area contributed by atoms with Gasteiger partial charge in [-0.15, -0.1) is 0 Å². The van der Waals surface area contributed by atoms with Gasteiger partial charge in [-0.25, -0.2) is 9.59 Å². The maximum atomic E-state index is 12.4. The molecule has 0 saturated heterocycles. The molecule has 0 fully saturated rings. The van der Waals surface area contributed by atoms with E-state index in [0.717, 1.165) is 33.4 Å². The highest BCUT2D eigenvalue weighted by atomic mass is 16.5. The van der Waals surface area contributed by atoms with Crippen LogP contribution in [-0.4, -0.2) is 75.6 Å². The van der Waals surface area contributed by atoms with Crippen molar-refractivity contribution in [3.63, 3.8) is 0 Å². The molecule has 10 heteroatoms. The average molecular weight is 330 g/mol. The van der Waals surface area contributed by atoms with Gasteiger partial charge in [-0.05, 0) is 0 Å². The van der Waals surface area contributed by atoms with Crippen LogP contribution >= 0.6 is 0 Å². The fourth-order valence-electron chi connectivity index (χ4n) is 2.42. The Bertz CT molecular complexity index is 558. The maximum Gasteiger partial charge on any atom is 0.355 e. The number of likely N-dealkylation sites (N-methyl/N-ethyl adjacent to an activating group) is 1. The van der Waals surface area contributed by atoms with Crippen molar-refractivity contribution in [3.8, 4) is 0 Å². The van der Waals surface area contributed by atoms with E-state index >= 15 is 0 Å². The van der Waals surface area contributed by atoms with Gasteiger partial charge in [-0.1, -0.05) is 0 Å². The van der Waals surface area contributed by atoms with E-state index in [-0.39, 0.29) is 5.71 Å². The van der Waals surface area contributed by atoms with Crippen LogP contribution in [0.15, 0.2) is 5.10 Å². The van der Waals surface area contributed by atoms with Crippen LogP contribution in [0.1, 0.15) is 6.42 Å². The predicted molar refractivity (Wildman–Crippen MR) is 74.1 cm³/mol. The number of nitrogens with zero attached hydrogens (tertiary/aromatic N) is 2. The van der Waals surface area contributed by atoms with Crippen molar-refractivity contribution in [1.29, 1.82) is 0 Å². The van der Waals surface area contributed by atoms with Gasteiger partial charge in [0, 0.05) is 7.05 Å². The lowest BCUT2D eigenvalue weighted by Gasteiger charge is -2.34. The highest BCUT2D eigenvalue weighted by Gasteiger charge is 2.63. The standard InChI is InChI=1S/C13H18N2O8/c1-15-13(12(19)23-5,6-7(16)20-2)8(10(17)21-3)9(14-15)11(18)22-4/h8H,6H2,1-5H3. The number of hydrogen-bond donors (Lipinski definition) is 0. The van der Waals surface area contributed by atoms with Gasteiger partial charge >= 0.3 is 23.9 Å². The summed E-state index contributed by atoms with van der Waals surface area (Å²) in [7, 11) is 5.70. The smallest absolute Gasteiger partial charge is 0.355 e. The van der Waals surface area contributed by atoms with Gasteiger partial charge < -0.3 is 18.9 Å². The van der Waals surface area contributed by atoms with E-state index < -0.39 is 41.8 Å². The molecule has 1 aliphatic rings. The molecular formula is C13H18N2O8. The number of hydrogen-bond acceptors (Lipinski definition) is 10. The highest BCUT2D eigenvalue weighted by Crippen LogP contribution is 2.38. The zero-order chi connectivity index (χ0) is 17.8. The first-order valence-corrected chi connectivity index (χ1v) is 6.43. The molecule has 23 heavy (non-hydrogen) atoms. The van der Waals surface area contributed by atoms with Crippen LogP contribution in [0.25, 0.3) is 0 Å². The summed E-state index contributed by atoms with van der Waals surface area (Å²) in [4.78, 5) is 48.2. The molecule has 0 aromatic carbocycles. The molecule has 0 spiro atoms. The molecule has 0 amide bonds. The first-order chi connectivity index (χ1) is 10.8. The monoisotopic (exact) mass is 330 g/mol. The first-order valence-electron chi connectivity index (χ1n) is 6.43. The van der Waals surface area contributed by atoms with Gasteiger partial charge in [-0.2, -0.15) is 5.10 Å². The molecule has 2 atom stereocenters. The van der Waals surface area contributed by atoms with Gasteiger partial charge in [0.1, 0.15) is 5.92 Å². The number of ether oxygens (including phenoxy) is 4. The fraction of sp³-hybridized carbons (Fsp3) is 0.615. The van der Waals surface area contributed by atoms with Crippen LogP contribution in [0.5, 0.6) is 0 Å². The third kappa shape index (κ3) is 2.96. The van der Waals surface area contributed by atoms with Crippen molar-refractivity contribution >= 4 is 29.6 Å². The van der Waals surface area contributed by atoms with Gasteiger partial charge in [-0.3, -0.25) is 14.6 Å². The molecule has 128 valence electrons. The molecule has 1 heterocycles. The van der Waals surface area contributed by atoms with Crippen LogP contribution in [0.3, 0.4) is 0 Å². The second-order valence-corrected chi connectivity index (χ2v) is 4.63. The average Bonchev–Trinajstić information content (AvgIpc) is 2.85. The Morgan fingerprint density at radius 3 is 2.09 bits per heavy atom. The molecule has 0 N–H and O–H groups in total. The van der Waals surface area contributed by atoms with Gasteiger partial charge in [0.25, 0.3) is 0 Å². The minimum Gasteiger partial charge on any atom is -0.469 e. The molecule has 0 bridgehead atoms. The van der Waals surface area contributed by atoms with Crippen LogP contribution in [-0.2, 0) is 38.1 Å². The van der Waals surface area contributed by atoms with Crippen LogP contribution < -0.4 is 0 Å². The zero-order valence-electron chi connectivity index (χ0n) is 13.4. The summed E-state index contributed by atoms with van der Waals surface area (Å²) in [5.74, 6) is -5.10. The minimum atomic E-state index is -1.90. The van der Waals surface area contributed by atoms with E-state index in [1.54, 1.807) is 0 Å². The molecule has 0 aromatic heterocycles. The lowest BCUT2D eigenvalue weighted by atomic mass is 9.78. The second-order valence-electron chi connectivity index (χ2n) is 4.63. The Kier molecular flexibility index (Phi) is 5.66. The summed E-state index contributed by atoms with van der Waals surface area (Å²) in [5, 5.41) is 4.90. The SMILES string of the molecule is COC(=O)CC1(C(=O)OC)C(C(=O)OC)C(C(=O)OC)=NN1C. The molecule has 0 aromatic rings. The van der Waals surface area contributed by atoms with E-state index in [4.69, 9.17) is 4.74 Å². The molecular weight excluding hydrogens is 312 g/mol. The van der Waals surface area contributed by atoms with Crippen molar-refractivity contribution in [2.24, 2.45) is 11.0 Å². The van der Waals surface area contributed by atoms with Crippen LogP contribution in [0.2, 0.25) is 0 Å².